The number of carbonyl (C=O) groups excluding carboxylic acids is 2. The lowest BCUT2D eigenvalue weighted by Crippen LogP contribution is -2.48. The Labute approximate surface area is 164 Å². The van der Waals surface area contributed by atoms with Crippen LogP contribution in [0, 0.1) is 5.82 Å². The molecule has 0 saturated carbocycles. The fourth-order valence-corrected chi connectivity index (χ4v) is 3.32. The minimum Gasteiger partial charge on any atom is -0.354 e. The largest absolute Gasteiger partial charge is 0.354 e. The van der Waals surface area contributed by atoms with Crippen molar-refractivity contribution < 1.29 is 14.0 Å². The highest BCUT2D eigenvalue weighted by Gasteiger charge is 2.25. The van der Waals surface area contributed by atoms with Gasteiger partial charge in [-0.1, -0.05) is 37.3 Å². The number of rotatable bonds is 9. The quantitative estimate of drug-likeness (QED) is 0.664. The van der Waals surface area contributed by atoms with Gasteiger partial charge in [-0.15, -0.1) is 11.8 Å². The summed E-state index contributed by atoms with van der Waals surface area (Å²) < 4.78 is 13.2. The maximum Gasteiger partial charge on any atom is 0.242 e. The van der Waals surface area contributed by atoms with E-state index in [0.717, 1.165) is 16.9 Å². The van der Waals surface area contributed by atoms with Crippen molar-refractivity contribution in [2.24, 2.45) is 0 Å². The molecule has 4 nitrogen and oxygen atoms in total. The number of nitrogens with zero attached hydrogens (tertiary/aromatic N) is 1. The van der Waals surface area contributed by atoms with E-state index < -0.39 is 6.04 Å². The van der Waals surface area contributed by atoms with Gasteiger partial charge in [-0.2, -0.15) is 0 Å². The Kier molecular flexibility index (Phi) is 8.33. The molecule has 2 amide bonds. The van der Waals surface area contributed by atoms with Crippen LogP contribution in [-0.4, -0.2) is 35.1 Å². The average molecular weight is 389 g/mol. The highest BCUT2D eigenvalue weighted by molar-refractivity contribution is 8.00. The highest BCUT2D eigenvalue weighted by atomic mass is 32.2. The highest BCUT2D eigenvalue weighted by Crippen LogP contribution is 2.19. The van der Waals surface area contributed by atoms with Crippen molar-refractivity contribution in [3.63, 3.8) is 0 Å². The van der Waals surface area contributed by atoms with Crippen LogP contribution in [0.3, 0.4) is 0 Å². The number of hydrogen-bond acceptors (Lipinski definition) is 3. The number of nitrogens with one attached hydrogen (secondary N) is 1. The second-order valence-corrected chi connectivity index (χ2v) is 7.27. The molecule has 0 aliphatic heterocycles. The topological polar surface area (TPSA) is 49.4 Å². The first-order valence-electron chi connectivity index (χ1n) is 9.00. The van der Waals surface area contributed by atoms with E-state index in [2.05, 4.69) is 5.32 Å². The van der Waals surface area contributed by atoms with Gasteiger partial charge in [-0.05, 0) is 43.2 Å². The van der Waals surface area contributed by atoms with Crippen molar-refractivity contribution in [3.05, 3.63) is 66.0 Å². The summed E-state index contributed by atoms with van der Waals surface area (Å²) in [7, 11) is 0. The van der Waals surface area contributed by atoms with Gasteiger partial charge in [0.25, 0.3) is 0 Å². The Morgan fingerprint density at radius 1 is 1.11 bits per heavy atom. The van der Waals surface area contributed by atoms with Gasteiger partial charge in [0.2, 0.25) is 11.8 Å². The van der Waals surface area contributed by atoms with Crippen molar-refractivity contribution in [2.45, 2.75) is 37.8 Å². The molecule has 0 unspecified atom stereocenters. The van der Waals surface area contributed by atoms with Crippen LogP contribution < -0.4 is 5.32 Å². The van der Waals surface area contributed by atoms with Gasteiger partial charge in [-0.3, -0.25) is 9.59 Å². The van der Waals surface area contributed by atoms with Crippen molar-refractivity contribution >= 4 is 23.6 Å². The summed E-state index contributed by atoms with van der Waals surface area (Å²) in [5.41, 5.74) is 0.782. The summed E-state index contributed by atoms with van der Waals surface area (Å²) in [5, 5.41) is 2.84. The van der Waals surface area contributed by atoms with E-state index in [1.165, 1.54) is 23.9 Å². The molecular formula is C21H25FN2O2S. The van der Waals surface area contributed by atoms with Crippen LogP contribution in [0.4, 0.5) is 4.39 Å². The predicted octanol–water partition coefficient (Wildman–Crippen LogP) is 3.86. The Morgan fingerprint density at radius 2 is 1.78 bits per heavy atom. The second-order valence-electron chi connectivity index (χ2n) is 6.22. The van der Waals surface area contributed by atoms with E-state index in [-0.39, 0.29) is 29.9 Å². The number of thioether (sulfide) groups is 1. The van der Waals surface area contributed by atoms with Gasteiger partial charge in [0.05, 0.1) is 5.75 Å². The van der Waals surface area contributed by atoms with Crippen LogP contribution in [0.25, 0.3) is 0 Å². The number of hydrogen-bond donors (Lipinski definition) is 1. The predicted molar refractivity (Wildman–Crippen MR) is 107 cm³/mol. The third-order valence-electron chi connectivity index (χ3n) is 4.09. The van der Waals surface area contributed by atoms with Gasteiger partial charge in [0.1, 0.15) is 11.9 Å². The maximum absolute atomic E-state index is 13.2. The van der Waals surface area contributed by atoms with E-state index in [1.807, 2.05) is 37.3 Å². The molecule has 2 aromatic carbocycles. The van der Waals surface area contributed by atoms with Gasteiger partial charge in [0.15, 0.2) is 0 Å². The zero-order valence-electron chi connectivity index (χ0n) is 15.7. The Morgan fingerprint density at radius 3 is 2.41 bits per heavy atom. The average Bonchev–Trinajstić information content (AvgIpc) is 2.70. The lowest BCUT2D eigenvalue weighted by molar-refractivity contribution is -0.138. The Hall–Kier alpha value is -2.34. The van der Waals surface area contributed by atoms with Crippen molar-refractivity contribution in [1.82, 2.24) is 10.2 Å². The summed E-state index contributed by atoms with van der Waals surface area (Å²) in [4.78, 5) is 27.8. The molecule has 1 atom stereocenters. The summed E-state index contributed by atoms with van der Waals surface area (Å²) in [5.74, 6) is -0.411. The smallest absolute Gasteiger partial charge is 0.242 e. The van der Waals surface area contributed by atoms with Crippen LogP contribution in [0.15, 0.2) is 59.5 Å². The fraction of sp³-hybridized carbons (Fsp3) is 0.333. The lowest BCUT2D eigenvalue weighted by Gasteiger charge is -2.28. The zero-order chi connectivity index (χ0) is 19.6. The summed E-state index contributed by atoms with van der Waals surface area (Å²) in [6, 6.07) is 15.0. The van der Waals surface area contributed by atoms with Crippen LogP contribution in [0.2, 0.25) is 0 Å². The van der Waals surface area contributed by atoms with Gasteiger partial charge in [-0.25, -0.2) is 4.39 Å². The molecule has 0 aliphatic carbocycles. The minimum atomic E-state index is -0.606. The first-order chi connectivity index (χ1) is 13.0. The fourth-order valence-electron chi connectivity index (χ4n) is 2.51. The summed E-state index contributed by atoms with van der Waals surface area (Å²) in [6.07, 6.45) is 0.828. The molecule has 27 heavy (non-hydrogen) atoms. The second kappa shape index (κ2) is 10.7. The van der Waals surface area contributed by atoms with E-state index in [0.29, 0.717) is 6.54 Å². The van der Waals surface area contributed by atoms with Crippen LogP contribution in [0.1, 0.15) is 25.8 Å². The molecule has 0 radical (unpaired) electrons. The third-order valence-corrected chi connectivity index (χ3v) is 5.09. The van der Waals surface area contributed by atoms with Crippen molar-refractivity contribution in [1.29, 1.82) is 0 Å². The van der Waals surface area contributed by atoms with Crippen molar-refractivity contribution in [3.8, 4) is 0 Å². The zero-order valence-corrected chi connectivity index (χ0v) is 16.5. The molecular weight excluding hydrogens is 363 g/mol. The van der Waals surface area contributed by atoms with E-state index in [9.17, 15) is 14.0 Å². The van der Waals surface area contributed by atoms with Crippen LogP contribution in [0.5, 0.6) is 0 Å². The maximum atomic E-state index is 13.2. The van der Waals surface area contributed by atoms with E-state index in [4.69, 9.17) is 0 Å². The normalized spacial score (nSPS) is 11.7. The molecule has 0 aromatic heterocycles. The molecule has 0 aliphatic rings. The Balaban J connectivity index is 2.10. The number of carbonyl (C=O) groups is 2. The standard InChI is InChI=1S/C21H25FN2O2S/c1-3-13-23-21(26)16(2)24(14-17-9-11-18(22)12-10-17)20(25)15-27-19-7-5-4-6-8-19/h4-12,16H,3,13-15H2,1-2H3,(H,23,26)/t16-/m1/s1. The Bertz CT molecular complexity index is 738. The van der Waals surface area contributed by atoms with Crippen molar-refractivity contribution in [2.75, 3.05) is 12.3 Å². The molecule has 6 heteroatoms. The molecule has 2 rings (SSSR count). The number of amides is 2. The third kappa shape index (κ3) is 6.71. The number of halogens is 1. The summed E-state index contributed by atoms with van der Waals surface area (Å²) in [6.45, 7) is 4.53. The van der Waals surface area contributed by atoms with E-state index >= 15 is 0 Å². The van der Waals surface area contributed by atoms with E-state index in [1.54, 1.807) is 24.0 Å². The van der Waals surface area contributed by atoms with Crippen LogP contribution >= 0.6 is 11.8 Å². The first kappa shape index (κ1) is 21.0. The lowest BCUT2D eigenvalue weighted by atomic mass is 10.1. The van der Waals surface area contributed by atoms with Gasteiger partial charge >= 0.3 is 0 Å². The van der Waals surface area contributed by atoms with Crippen LogP contribution in [-0.2, 0) is 16.1 Å². The molecule has 2 aromatic rings. The molecule has 0 heterocycles. The molecule has 1 N–H and O–H groups in total. The number of benzene rings is 2. The molecule has 0 bridgehead atoms. The molecule has 0 spiro atoms. The SMILES string of the molecule is CCCNC(=O)[C@@H](C)N(Cc1ccc(F)cc1)C(=O)CSc1ccccc1. The molecule has 0 saturated heterocycles. The monoisotopic (exact) mass is 388 g/mol. The first-order valence-corrected chi connectivity index (χ1v) is 9.99. The molecule has 0 fully saturated rings. The van der Waals surface area contributed by atoms with Gasteiger partial charge in [0, 0.05) is 18.0 Å². The minimum absolute atomic E-state index is 0.132. The summed E-state index contributed by atoms with van der Waals surface area (Å²) >= 11 is 1.43. The molecule has 144 valence electrons. The van der Waals surface area contributed by atoms with Gasteiger partial charge < -0.3 is 10.2 Å².